The normalized spacial score (nSPS) is 10.1. The van der Waals surface area contributed by atoms with Crippen LogP contribution in [0.25, 0.3) is 0 Å². The van der Waals surface area contributed by atoms with Crippen LogP contribution in [0.2, 0.25) is 0 Å². The fourth-order valence-electron chi connectivity index (χ4n) is 2.17. The largest absolute Gasteiger partial charge is 0.326 e. The van der Waals surface area contributed by atoms with Gasteiger partial charge in [-0.2, -0.15) is 0 Å². The van der Waals surface area contributed by atoms with Crippen LogP contribution in [0, 0.1) is 0 Å². The maximum atomic E-state index is 12.1. The Morgan fingerprint density at radius 1 is 0.909 bits per heavy atom. The molecular weight excluding hydrogens is 276 g/mol. The zero-order valence-corrected chi connectivity index (χ0v) is 12.8. The Balaban J connectivity index is 1.95. The second-order valence-corrected chi connectivity index (χ2v) is 5.16. The quantitative estimate of drug-likeness (QED) is 0.888. The van der Waals surface area contributed by atoms with Crippen LogP contribution in [-0.4, -0.2) is 11.8 Å². The van der Waals surface area contributed by atoms with E-state index >= 15 is 0 Å². The second-order valence-electron chi connectivity index (χ2n) is 5.16. The Kier molecular flexibility index (Phi) is 5.31. The summed E-state index contributed by atoms with van der Waals surface area (Å²) in [6.07, 6.45) is 1.24. The predicted molar refractivity (Wildman–Crippen MR) is 88.9 cm³/mol. The molecule has 2 aromatic carbocycles. The molecule has 0 aliphatic rings. The van der Waals surface area contributed by atoms with E-state index in [-0.39, 0.29) is 11.8 Å². The van der Waals surface area contributed by atoms with Gasteiger partial charge in [0.05, 0.1) is 6.42 Å². The number of nitrogens with one attached hydrogen (secondary N) is 2. The van der Waals surface area contributed by atoms with Gasteiger partial charge in [0.25, 0.3) is 0 Å². The van der Waals surface area contributed by atoms with Gasteiger partial charge >= 0.3 is 0 Å². The molecule has 4 heteroatoms. The van der Waals surface area contributed by atoms with E-state index in [1.54, 1.807) is 12.1 Å². The van der Waals surface area contributed by atoms with Crippen molar-refractivity contribution in [2.75, 3.05) is 10.6 Å². The van der Waals surface area contributed by atoms with Crippen LogP contribution in [0.3, 0.4) is 0 Å². The maximum Gasteiger partial charge on any atom is 0.228 e. The molecule has 0 atom stereocenters. The van der Waals surface area contributed by atoms with Crippen LogP contribution in [0.1, 0.15) is 25.0 Å². The van der Waals surface area contributed by atoms with Gasteiger partial charge in [0, 0.05) is 18.3 Å². The van der Waals surface area contributed by atoms with E-state index in [0.29, 0.717) is 6.42 Å². The van der Waals surface area contributed by atoms with E-state index in [9.17, 15) is 9.59 Å². The zero-order chi connectivity index (χ0) is 15.9. The summed E-state index contributed by atoms with van der Waals surface area (Å²) in [5, 5.41) is 5.60. The summed E-state index contributed by atoms with van der Waals surface area (Å²) in [7, 11) is 0. The average molecular weight is 296 g/mol. The number of aryl methyl sites for hydroxylation is 1. The molecule has 0 aromatic heterocycles. The fourth-order valence-corrected chi connectivity index (χ4v) is 2.17. The van der Waals surface area contributed by atoms with Crippen LogP contribution >= 0.6 is 0 Å². The molecule has 2 amide bonds. The molecule has 0 radical (unpaired) electrons. The minimum Gasteiger partial charge on any atom is -0.326 e. The first-order valence-corrected chi connectivity index (χ1v) is 7.32. The molecule has 0 unspecified atom stereocenters. The highest BCUT2D eigenvalue weighted by molar-refractivity contribution is 5.92. The number of benzene rings is 2. The lowest BCUT2D eigenvalue weighted by atomic mass is 10.1. The minimum atomic E-state index is -0.110. The maximum absolute atomic E-state index is 12.1. The summed E-state index contributed by atoms with van der Waals surface area (Å²) >= 11 is 0. The molecule has 114 valence electrons. The molecular formula is C18H20N2O2. The summed E-state index contributed by atoms with van der Waals surface area (Å²) in [5.74, 6) is -0.165. The van der Waals surface area contributed by atoms with Crippen LogP contribution < -0.4 is 10.6 Å². The fraction of sp³-hybridized carbons (Fsp3) is 0.222. The predicted octanol–water partition coefficient (Wildman–Crippen LogP) is 3.39. The van der Waals surface area contributed by atoms with E-state index in [1.165, 1.54) is 12.5 Å². The van der Waals surface area contributed by atoms with Crippen molar-refractivity contribution in [3.63, 3.8) is 0 Å². The highest BCUT2D eigenvalue weighted by Gasteiger charge is 2.05. The first kappa shape index (κ1) is 15.8. The molecule has 0 saturated heterocycles. The topological polar surface area (TPSA) is 58.2 Å². The number of carbonyl (C=O) groups excluding carboxylic acids is 2. The molecule has 2 rings (SSSR count). The van der Waals surface area contributed by atoms with Crippen molar-refractivity contribution in [1.29, 1.82) is 0 Å². The van der Waals surface area contributed by atoms with E-state index in [4.69, 9.17) is 0 Å². The van der Waals surface area contributed by atoms with Gasteiger partial charge in [-0.1, -0.05) is 31.2 Å². The van der Waals surface area contributed by atoms with Crippen LogP contribution in [0.4, 0.5) is 11.4 Å². The number of hydrogen-bond donors (Lipinski definition) is 2. The Labute approximate surface area is 130 Å². The van der Waals surface area contributed by atoms with Gasteiger partial charge in [-0.25, -0.2) is 0 Å². The van der Waals surface area contributed by atoms with Gasteiger partial charge in [0.2, 0.25) is 11.8 Å². The van der Waals surface area contributed by atoms with Crippen LogP contribution in [0.15, 0.2) is 48.5 Å². The number of amides is 2. The van der Waals surface area contributed by atoms with Gasteiger partial charge in [0.1, 0.15) is 0 Å². The monoisotopic (exact) mass is 296 g/mol. The molecule has 0 aliphatic heterocycles. The van der Waals surface area contributed by atoms with Gasteiger partial charge in [0.15, 0.2) is 0 Å². The Hall–Kier alpha value is -2.62. The molecule has 0 fully saturated rings. The van der Waals surface area contributed by atoms with Crippen molar-refractivity contribution in [2.24, 2.45) is 0 Å². The summed E-state index contributed by atoms with van der Waals surface area (Å²) in [6.45, 7) is 3.54. The molecule has 0 bridgehead atoms. The smallest absolute Gasteiger partial charge is 0.228 e. The SMILES string of the molecule is CCc1cccc(NC(=O)Cc2ccc(NC(C)=O)cc2)c1. The van der Waals surface area contributed by atoms with Crippen LogP contribution in [-0.2, 0) is 22.4 Å². The Morgan fingerprint density at radius 3 is 2.27 bits per heavy atom. The van der Waals surface area contributed by atoms with Crippen molar-refractivity contribution in [1.82, 2.24) is 0 Å². The lowest BCUT2D eigenvalue weighted by molar-refractivity contribution is -0.116. The Bertz CT molecular complexity index is 663. The van der Waals surface area contributed by atoms with Gasteiger partial charge in [-0.15, -0.1) is 0 Å². The molecule has 4 nitrogen and oxygen atoms in total. The Morgan fingerprint density at radius 2 is 1.64 bits per heavy atom. The second kappa shape index (κ2) is 7.41. The number of hydrogen-bond acceptors (Lipinski definition) is 2. The molecule has 0 aliphatic carbocycles. The van der Waals surface area contributed by atoms with Gasteiger partial charge in [-0.05, 0) is 41.8 Å². The van der Waals surface area contributed by atoms with Crippen LogP contribution in [0.5, 0.6) is 0 Å². The van der Waals surface area contributed by atoms with E-state index < -0.39 is 0 Å². The number of anilines is 2. The van der Waals surface area contributed by atoms with E-state index in [2.05, 4.69) is 17.6 Å². The van der Waals surface area contributed by atoms with Gasteiger partial charge < -0.3 is 10.6 Å². The summed E-state index contributed by atoms with van der Waals surface area (Å²) in [4.78, 5) is 23.0. The van der Waals surface area contributed by atoms with Gasteiger partial charge in [-0.3, -0.25) is 9.59 Å². The number of rotatable bonds is 5. The molecule has 2 N–H and O–H groups in total. The lowest BCUT2D eigenvalue weighted by Crippen LogP contribution is -2.14. The lowest BCUT2D eigenvalue weighted by Gasteiger charge is -2.08. The van der Waals surface area contributed by atoms with E-state index in [0.717, 1.165) is 23.4 Å². The van der Waals surface area contributed by atoms with Crippen molar-refractivity contribution in [3.05, 3.63) is 59.7 Å². The summed E-state index contributed by atoms with van der Waals surface area (Å²) in [6, 6.07) is 15.1. The van der Waals surface area contributed by atoms with Crippen molar-refractivity contribution < 1.29 is 9.59 Å². The van der Waals surface area contributed by atoms with Crippen molar-refractivity contribution in [2.45, 2.75) is 26.7 Å². The van der Waals surface area contributed by atoms with E-state index in [1.807, 2.05) is 36.4 Å². The molecule has 0 saturated carbocycles. The zero-order valence-electron chi connectivity index (χ0n) is 12.8. The molecule has 0 spiro atoms. The summed E-state index contributed by atoms with van der Waals surface area (Å²) < 4.78 is 0. The number of carbonyl (C=O) groups is 2. The summed E-state index contributed by atoms with van der Waals surface area (Å²) in [5.41, 5.74) is 3.64. The minimum absolute atomic E-state index is 0.0551. The molecule has 2 aromatic rings. The highest BCUT2D eigenvalue weighted by atomic mass is 16.2. The molecule has 22 heavy (non-hydrogen) atoms. The third kappa shape index (κ3) is 4.74. The third-order valence-corrected chi connectivity index (χ3v) is 3.26. The standard InChI is InChI=1S/C18H20N2O2/c1-3-14-5-4-6-17(11-14)20-18(22)12-15-7-9-16(10-8-15)19-13(2)21/h4-11H,3,12H2,1-2H3,(H,19,21)(H,20,22). The average Bonchev–Trinajstić information content (AvgIpc) is 2.49. The van der Waals surface area contributed by atoms with Crippen molar-refractivity contribution >= 4 is 23.2 Å². The first-order chi connectivity index (χ1) is 10.6. The highest BCUT2D eigenvalue weighted by Crippen LogP contribution is 2.13. The first-order valence-electron chi connectivity index (χ1n) is 7.32. The third-order valence-electron chi connectivity index (χ3n) is 3.26. The van der Waals surface area contributed by atoms with Crippen molar-refractivity contribution in [3.8, 4) is 0 Å². The molecule has 0 heterocycles.